The van der Waals surface area contributed by atoms with Gasteiger partial charge < -0.3 is 24.1 Å². The average molecular weight is 598 g/mol. The van der Waals surface area contributed by atoms with Crippen molar-refractivity contribution in [3.05, 3.63) is 66.2 Å². The molecular weight excluding hydrogens is 562 g/mol. The van der Waals surface area contributed by atoms with E-state index in [0.29, 0.717) is 46.5 Å². The molecule has 4 aromatic rings. The van der Waals surface area contributed by atoms with Gasteiger partial charge in [0.15, 0.2) is 5.82 Å². The molecular formula is C29H35N5O7S. The topological polar surface area (TPSA) is 138 Å². The molecule has 0 aliphatic rings. The highest BCUT2D eigenvalue weighted by molar-refractivity contribution is 7.93. The molecule has 0 unspecified atom stereocenters. The lowest BCUT2D eigenvalue weighted by Gasteiger charge is -2.30. The van der Waals surface area contributed by atoms with Crippen molar-refractivity contribution in [1.29, 1.82) is 0 Å². The van der Waals surface area contributed by atoms with Gasteiger partial charge in [0.25, 0.3) is 0 Å². The van der Waals surface area contributed by atoms with Crippen LogP contribution in [0.1, 0.15) is 31.9 Å². The molecule has 0 aliphatic heterocycles. The average Bonchev–Trinajstić information content (AvgIpc) is 3.46. The number of nitrogens with zero attached hydrogens (tertiary/aromatic N) is 5. The summed E-state index contributed by atoms with van der Waals surface area (Å²) in [6, 6.07) is 17.1. The predicted molar refractivity (Wildman–Crippen MR) is 158 cm³/mol. The second kappa shape index (κ2) is 13.1. The standard InChI is InChI=1S/C29H35N5O7S/c1-7-18-33(42(36,37)19(2)27(35)20-12-8-9-14-22(20)38-3)29-32-31-28(21-13-10-17-25(30-21)41-6)34(29)26-23(39-4)15-11-16-24(26)40-5/h8-17,19,27,35H,7,18H2,1-6H3/t19-,27-/m1/s1. The zero-order valence-electron chi connectivity index (χ0n) is 24.4. The van der Waals surface area contributed by atoms with E-state index < -0.39 is 21.4 Å². The highest BCUT2D eigenvalue weighted by atomic mass is 32.2. The number of hydrogen-bond acceptors (Lipinski definition) is 10. The summed E-state index contributed by atoms with van der Waals surface area (Å²) in [5.41, 5.74) is 1.09. The summed E-state index contributed by atoms with van der Waals surface area (Å²) >= 11 is 0. The maximum atomic E-state index is 14.3. The van der Waals surface area contributed by atoms with Crippen molar-refractivity contribution in [3.8, 4) is 40.3 Å². The fraction of sp³-hybridized carbons (Fsp3) is 0.345. The predicted octanol–water partition coefficient (Wildman–Crippen LogP) is 4.03. The molecule has 0 radical (unpaired) electrons. The molecule has 2 aromatic heterocycles. The first-order valence-electron chi connectivity index (χ1n) is 13.2. The van der Waals surface area contributed by atoms with Crippen LogP contribution in [-0.4, -0.2) is 73.5 Å². The van der Waals surface area contributed by atoms with Crippen LogP contribution in [0, 0.1) is 0 Å². The van der Waals surface area contributed by atoms with Gasteiger partial charge in [0.1, 0.15) is 40.0 Å². The number of aliphatic hydroxyl groups is 1. The Balaban J connectivity index is 1.96. The van der Waals surface area contributed by atoms with Gasteiger partial charge in [0.05, 0.1) is 28.4 Å². The molecule has 0 amide bonds. The van der Waals surface area contributed by atoms with Gasteiger partial charge in [-0.25, -0.2) is 17.7 Å². The molecule has 12 nitrogen and oxygen atoms in total. The number of sulfonamides is 1. The van der Waals surface area contributed by atoms with Crippen molar-refractivity contribution in [1.82, 2.24) is 19.7 Å². The first-order valence-corrected chi connectivity index (χ1v) is 14.7. The molecule has 2 aromatic carbocycles. The van der Waals surface area contributed by atoms with Gasteiger partial charge in [0, 0.05) is 18.2 Å². The van der Waals surface area contributed by atoms with Crippen LogP contribution in [0.15, 0.2) is 60.7 Å². The molecule has 224 valence electrons. The highest BCUT2D eigenvalue weighted by Gasteiger charge is 2.39. The van der Waals surface area contributed by atoms with Crippen LogP contribution in [0.3, 0.4) is 0 Å². The van der Waals surface area contributed by atoms with Gasteiger partial charge in [-0.15, -0.1) is 10.2 Å². The highest BCUT2D eigenvalue weighted by Crippen LogP contribution is 2.40. The second-order valence-electron chi connectivity index (χ2n) is 9.24. The largest absolute Gasteiger partial charge is 0.496 e. The van der Waals surface area contributed by atoms with E-state index in [9.17, 15) is 13.5 Å². The van der Waals surface area contributed by atoms with Crippen molar-refractivity contribution in [2.75, 3.05) is 39.3 Å². The van der Waals surface area contributed by atoms with Gasteiger partial charge in [-0.1, -0.05) is 37.3 Å². The first kappa shape index (κ1) is 30.6. The summed E-state index contributed by atoms with van der Waals surface area (Å²) in [7, 11) is 1.69. The van der Waals surface area contributed by atoms with Crippen molar-refractivity contribution >= 4 is 16.0 Å². The number of rotatable bonds is 13. The van der Waals surface area contributed by atoms with Crippen molar-refractivity contribution in [3.63, 3.8) is 0 Å². The third kappa shape index (κ3) is 5.70. The molecule has 42 heavy (non-hydrogen) atoms. The van der Waals surface area contributed by atoms with E-state index in [2.05, 4.69) is 15.2 Å². The lowest BCUT2D eigenvalue weighted by Crippen LogP contribution is -2.42. The van der Waals surface area contributed by atoms with Crippen LogP contribution in [-0.2, 0) is 10.0 Å². The van der Waals surface area contributed by atoms with Gasteiger partial charge in [-0.05, 0) is 37.6 Å². The maximum absolute atomic E-state index is 14.3. The van der Waals surface area contributed by atoms with Crippen LogP contribution in [0.2, 0.25) is 0 Å². The fourth-order valence-electron chi connectivity index (χ4n) is 4.59. The molecule has 13 heteroatoms. The Morgan fingerprint density at radius 2 is 1.48 bits per heavy atom. The molecule has 0 fully saturated rings. The van der Waals surface area contributed by atoms with E-state index in [0.717, 1.165) is 4.31 Å². The quantitative estimate of drug-likeness (QED) is 0.240. The zero-order valence-corrected chi connectivity index (χ0v) is 25.2. The lowest BCUT2D eigenvalue weighted by molar-refractivity contribution is 0.171. The number of hydrogen-bond donors (Lipinski definition) is 1. The van der Waals surface area contributed by atoms with E-state index in [1.807, 2.05) is 6.92 Å². The third-order valence-corrected chi connectivity index (χ3v) is 8.92. The second-order valence-corrected chi connectivity index (χ2v) is 11.5. The molecule has 0 spiro atoms. The Kier molecular flexibility index (Phi) is 9.53. The molecule has 0 saturated carbocycles. The smallest absolute Gasteiger partial charge is 0.246 e. The monoisotopic (exact) mass is 597 g/mol. The third-order valence-electron chi connectivity index (χ3n) is 6.76. The van der Waals surface area contributed by atoms with Crippen LogP contribution < -0.4 is 23.3 Å². The number of ether oxygens (including phenoxy) is 4. The lowest BCUT2D eigenvalue weighted by atomic mass is 10.1. The molecule has 0 saturated heterocycles. The number of benzene rings is 2. The fourth-order valence-corrected chi connectivity index (χ4v) is 6.24. The minimum absolute atomic E-state index is 0.0293. The Hall–Kier alpha value is -4.36. The Labute approximate surface area is 245 Å². The molecule has 2 atom stereocenters. The van der Waals surface area contributed by atoms with E-state index in [-0.39, 0.29) is 18.3 Å². The summed E-state index contributed by atoms with van der Waals surface area (Å²) in [5.74, 6) is 1.68. The van der Waals surface area contributed by atoms with Crippen LogP contribution in [0.5, 0.6) is 23.1 Å². The summed E-state index contributed by atoms with van der Waals surface area (Å²) in [4.78, 5) is 4.51. The maximum Gasteiger partial charge on any atom is 0.246 e. The Morgan fingerprint density at radius 1 is 0.857 bits per heavy atom. The minimum Gasteiger partial charge on any atom is -0.496 e. The number of methoxy groups -OCH3 is 4. The van der Waals surface area contributed by atoms with Gasteiger partial charge in [-0.3, -0.25) is 4.57 Å². The molecule has 2 heterocycles. The Morgan fingerprint density at radius 3 is 2.10 bits per heavy atom. The van der Waals surface area contributed by atoms with Gasteiger partial charge in [-0.2, -0.15) is 0 Å². The van der Waals surface area contributed by atoms with E-state index in [4.69, 9.17) is 18.9 Å². The minimum atomic E-state index is -4.26. The zero-order chi connectivity index (χ0) is 30.4. The van der Waals surface area contributed by atoms with E-state index >= 15 is 0 Å². The number of aliphatic hydroxyl groups excluding tert-OH is 1. The summed E-state index contributed by atoms with van der Waals surface area (Å²) in [6.07, 6.45) is -0.957. The number of anilines is 1. The van der Waals surface area contributed by atoms with Crippen LogP contribution in [0.4, 0.5) is 5.95 Å². The van der Waals surface area contributed by atoms with Gasteiger partial charge in [0.2, 0.25) is 21.9 Å². The van der Waals surface area contributed by atoms with Crippen molar-refractivity contribution in [2.45, 2.75) is 31.6 Å². The SMILES string of the molecule is CCCN(c1nnc(-c2cccc(OC)n2)n1-c1c(OC)cccc1OC)S(=O)(=O)[C@H](C)[C@@H](O)c1ccccc1OC. The summed E-state index contributed by atoms with van der Waals surface area (Å²) in [5, 5.41) is 18.8. The molecule has 0 aliphatic carbocycles. The Bertz CT molecular complexity index is 1600. The van der Waals surface area contributed by atoms with Crippen LogP contribution in [0.25, 0.3) is 17.2 Å². The number of aromatic nitrogens is 4. The van der Waals surface area contributed by atoms with Crippen LogP contribution >= 0.6 is 0 Å². The van der Waals surface area contributed by atoms with Crippen molar-refractivity contribution in [2.24, 2.45) is 0 Å². The van der Waals surface area contributed by atoms with E-state index in [1.54, 1.807) is 60.7 Å². The number of pyridine rings is 1. The van der Waals surface area contributed by atoms with E-state index in [1.165, 1.54) is 39.9 Å². The molecule has 4 rings (SSSR count). The summed E-state index contributed by atoms with van der Waals surface area (Å²) in [6.45, 7) is 3.34. The molecule has 0 bridgehead atoms. The molecule has 1 N–H and O–H groups in total. The summed E-state index contributed by atoms with van der Waals surface area (Å²) < 4.78 is 53.4. The first-order chi connectivity index (χ1) is 20.2. The normalized spacial score (nSPS) is 12.8. The van der Waals surface area contributed by atoms with Gasteiger partial charge >= 0.3 is 0 Å². The number of para-hydroxylation sites is 2. The van der Waals surface area contributed by atoms with Crippen molar-refractivity contribution < 1.29 is 32.5 Å².